The average molecular weight is 238 g/mol. The molecule has 0 bridgehead atoms. The molecule has 7 heteroatoms. The zero-order chi connectivity index (χ0) is 12.3. The highest BCUT2D eigenvalue weighted by molar-refractivity contribution is 5.76. The smallest absolute Gasteiger partial charge is 0.306 e. The van der Waals surface area contributed by atoms with Gasteiger partial charge in [-0.25, -0.2) is 0 Å². The molecule has 0 N–H and O–H groups in total. The second-order valence-corrected chi connectivity index (χ2v) is 4.06. The molecular formula is C10H14N4O3. The van der Waals surface area contributed by atoms with E-state index in [-0.39, 0.29) is 11.6 Å². The number of carbonyl (C=O) groups excluding carboxylic acids is 1. The fourth-order valence-corrected chi connectivity index (χ4v) is 1.90. The van der Waals surface area contributed by atoms with Crippen LogP contribution in [0.15, 0.2) is 12.4 Å². The van der Waals surface area contributed by atoms with Crippen molar-refractivity contribution >= 4 is 11.6 Å². The minimum atomic E-state index is -0.494. The quantitative estimate of drug-likeness (QED) is 0.574. The van der Waals surface area contributed by atoms with E-state index in [0.717, 1.165) is 25.9 Å². The molecule has 0 radical (unpaired) electrons. The number of nitrogens with zero attached hydrogens (tertiary/aromatic N) is 4. The highest BCUT2D eigenvalue weighted by Crippen LogP contribution is 2.11. The molecule has 1 amide bonds. The standard InChI is InChI=1S/C10H14N4O3/c15-10(12-4-1-2-5-12)3-6-13-8-9(7-11-13)14(16)17/h7-8H,1-6H2. The van der Waals surface area contributed by atoms with Gasteiger partial charge in [-0.2, -0.15) is 5.10 Å². The lowest BCUT2D eigenvalue weighted by Gasteiger charge is -2.14. The Bertz CT molecular complexity index is 423. The molecule has 1 saturated heterocycles. The summed E-state index contributed by atoms with van der Waals surface area (Å²) in [6.07, 6.45) is 5.02. The molecule has 0 atom stereocenters. The van der Waals surface area contributed by atoms with Crippen LogP contribution in [0.1, 0.15) is 19.3 Å². The molecule has 1 fully saturated rings. The van der Waals surface area contributed by atoms with Crippen LogP contribution in [0.3, 0.4) is 0 Å². The van der Waals surface area contributed by atoms with Gasteiger partial charge in [-0.05, 0) is 12.8 Å². The molecule has 0 saturated carbocycles. The molecular weight excluding hydrogens is 224 g/mol. The zero-order valence-electron chi connectivity index (χ0n) is 9.41. The van der Waals surface area contributed by atoms with Crippen LogP contribution in [-0.2, 0) is 11.3 Å². The first kappa shape index (κ1) is 11.6. The summed E-state index contributed by atoms with van der Waals surface area (Å²) in [6.45, 7) is 2.05. The molecule has 1 aromatic rings. The predicted octanol–water partition coefficient (Wildman–Crippen LogP) is 0.804. The lowest BCUT2D eigenvalue weighted by atomic mass is 10.3. The summed E-state index contributed by atoms with van der Waals surface area (Å²) in [5.74, 6) is 0.0978. The summed E-state index contributed by atoms with van der Waals surface area (Å²) in [7, 11) is 0. The molecule has 17 heavy (non-hydrogen) atoms. The van der Waals surface area contributed by atoms with Gasteiger partial charge >= 0.3 is 5.69 Å². The van der Waals surface area contributed by atoms with Crippen molar-refractivity contribution in [1.82, 2.24) is 14.7 Å². The van der Waals surface area contributed by atoms with Gasteiger partial charge in [-0.3, -0.25) is 19.6 Å². The SMILES string of the molecule is O=C(CCn1cc([N+](=O)[O-])cn1)N1CCCC1. The van der Waals surface area contributed by atoms with Crippen molar-refractivity contribution in [3.05, 3.63) is 22.5 Å². The van der Waals surface area contributed by atoms with E-state index in [1.807, 2.05) is 4.90 Å². The van der Waals surface area contributed by atoms with E-state index in [1.54, 1.807) is 0 Å². The second kappa shape index (κ2) is 4.94. The van der Waals surface area contributed by atoms with Crippen molar-refractivity contribution in [2.45, 2.75) is 25.8 Å². The summed E-state index contributed by atoms with van der Waals surface area (Å²) in [5.41, 5.74) is -0.0429. The lowest BCUT2D eigenvalue weighted by Crippen LogP contribution is -2.28. The Balaban J connectivity index is 1.84. The van der Waals surface area contributed by atoms with Crippen LogP contribution in [0.2, 0.25) is 0 Å². The zero-order valence-corrected chi connectivity index (χ0v) is 9.41. The molecule has 2 heterocycles. The molecule has 92 valence electrons. The van der Waals surface area contributed by atoms with Gasteiger partial charge in [-0.15, -0.1) is 0 Å². The normalized spacial score (nSPS) is 15.2. The van der Waals surface area contributed by atoms with E-state index in [2.05, 4.69) is 5.10 Å². The number of aryl methyl sites for hydroxylation is 1. The molecule has 2 rings (SSSR count). The summed E-state index contributed by atoms with van der Waals surface area (Å²) in [5, 5.41) is 14.3. The number of likely N-dealkylation sites (tertiary alicyclic amines) is 1. The van der Waals surface area contributed by atoms with Gasteiger partial charge in [0.25, 0.3) is 0 Å². The molecule has 1 aliphatic rings. The topological polar surface area (TPSA) is 81.3 Å². The van der Waals surface area contributed by atoms with Gasteiger partial charge in [0.1, 0.15) is 12.4 Å². The lowest BCUT2D eigenvalue weighted by molar-refractivity contribution is -0.385. The van der Waals surface area contributed by atoms with Gasteiger partial charge in [0.15, 0.2) is 0 Å². The molecule has 0 aromatic carbocycles. The number of aromatic nitrogens is 2. The Labute approximate surface area is 98.2 Å². The number of rotatable bonds is 4. The van der Waals surface area contributed by atoms with Crippen LogP contribution in [-0.4, -0.2) is 38.6 Å². The number of hydrogen-bond donors (Lipinski definition) is 0. The largest absolute Gasteiger partial charge is 0.343 e. The second-order valence-electron chi connectivity index (χ2n) is 4.06. The Kier molecular flexibility index (Phi) is 3.36. The van der Waals surface area contributed by atoms with Crippen LogP contribution in [0.4, 0.5) is 5.69 Å². The molecule has 7 nitrogen and oxygen atoms in total. The molecule has 1 aromatic heterocycles. The number of amides is 1. The highest BCUT2D eigenvalue weighted by Gasteiger charge is 2.18. The van der Waals surface area contributed by atoms with E-state index in [0.29, 0.717) is 13.0 Å². The van der Waals surface area contributed by atoms with Crippen molar-refractivity contribution in [2.24, 2.45) is 0 Å². The predicted molar refractivity (Wildman–Crippen MR) is 59.3 cm³/mol. The van der Waals surface area contributed by atoms with Crippen molar-refractivity contribution in [1.29, 1.82) is 0 Å². The van der Waals surface area contributed by atoms with Crippen LogP contribution >= 0.6 is 0 Å². The van der Waals surface area contributed by atoms with Crippen LogP contribution in [0.25, 0.3) is 0 Å². The fourth-order valence-electron chi connectivity index (χ4n) is 1.90. The maximum Gasteiger partial charge on any atom is 0.306 e. The fraction of sp³-hybridized carbons (Fsp3) is 0.600. The van der Waals surface area contributed by atoms with E-state index < -0.39 is 4.92 Å². The Morgan fingerprint density at radius 2 is 2.18 bits per heavy atom. The number of hydrogen-bond acceptors (Lipinski definition) is 4. The molecule has 0 spiro atoms. The third-order valence-corrected chi connectivity index (χ3v) is 2.84. The van der Waals surface area contributed by atoms with Gasteiger partial charge in [0.05, 0.1) is 4.92 Å². The Morgan fingerprint density at radius 3 is 2.76 bits per heavy atom. The van der Waals surface area contributed by atoms with E-state index in [4.69, 9.17) is 0 Å². The summed E-state index contributed by atoms with van der Waals surface area (Å²) >= 11 is 0. The van der Waals surface area contributed by atoms with Gasteiger partial charge < -0.3 is 4.90 Å². The van der Waals surface area contributed by atoms with Crippen molar-refractivity contribution in [3.63, 3.8) is 0 Å². The van der Waals surface area contributed by atoms with E-state index >= 15 is 0 Å². The van der Waals surface area contributed by atoms with E-state index in [1.165, 1.54) is 17.1 Å². The first-order valence-corrected chi connectivity index (χ1v) is 5.61. The van der Waals surface area contributed by atoms with Gasteiger partial charge in [0.2, 0.25) is 5.91 Å². The number of carbonyl (C=O) groups is 1. The molecule has 1 aliphatic heterocycles. The van der Waals surface area contributed by atoms with Gasteiger partial charge in [-0.1, -0.05) is 0 Å². The minimum Gasteiger partial charge on any atom is -0.343 e. The van der Waals surface area contributed by atoms with Gasteiger partial charge in [0, 0.05) is 26.1 Å². The summed E-state index contributed by atoms with van der Waals surface area (Å²) < 4.78 is 1.44. The van der Waals surface area contributed by atoms with Crippen LogP contribution in [0.5, 0.6) is 0 Å². The average Bonchev–Trinajstić information content (AvgIpc) is 2.97. The first-order chi connectivity index (χ1) is 8.16. The molecule has 0 aliphatic carbocycles. The van der Waals surface area contributed by atoms with Crippen molar-refractivity contribution in [2.75, 3.05) is 13.1 Å². The van der Waals surface area contributed by atoms with Crippen molar-refractivity contribution in [3.8, 4) is 0 Å². The minimum absolute atomic E-state index is 0.0429. The highest BCUT2D eigenvalue weighted by atomic mass is 16.6. The number of nitro groups is 1. The first-order valence-electron chi connectivity index (χ1n) is 5.61. The summed E-state index contributed by atoms with van der Waals surface area (Å²) in [4.78, 5) is 23.5. The Morgan fingerprint density at radius 1 is 1.47 bits per heavy atom. The Hall–Kier alpha value is -1.92. The van der Waals surface area contributed by atoms with Crippen LogP contribution < -0.4 is 0 Å². The molecule has 0 unspecified atom stereocenters. The summed E-state index contributed by atoms with van der Waals surface area (Å²) in [6, 6.07) is 0. The van der Waals surface area contributed by atoms with Crippen molar-refractivity contribution < 1.29 is 9.72 Å². The maximum atomic E-state index is 11.7. The van der Waals surface area contributed by atoms with E-state index in [9.17, 15) is 14.9 Å². The maximum absolute atomic E-state index is 11.7. The third kappa shape index (κ3) is 2.80. The van der Waals surface area contributed by atoms with Crippen LogP contribution in [0, 0.1) is 10.1 Å². The third-order valence-electron chi connectivity index (χ3n) is 2.84. The monoisotopic (exact) mass is 238 g/mol.